The number of hydrogen-bond donors (Lipinski definition) is 1. The first-order valence-corrected chi connectivity index (χ1v) is 4.90. The fourth-order valence-corrected chi connectivity index (χ4v) is 1.65. The molecular weight excluding hydrogens is 188 g/mol. The van der Waals surface area contributed by atoms with Gasteiger partial charge in [0.2, 0.25) is 0 Å². The highest BCUT2D eigenvalue weighted by Crippen LogP contribution is 2.21. The summed E-state index contributed by atoms with van der Waals surface area (Å²) in [5, 5.41) is 0. The molecule has 0 amide bonds. The van der Waals surface area contributed by atoms with Gasteiger partial charge in [-0.1, -0.05) is 6.07 Å². The minimum Gasteiger partial charge on any atom is -0.467 e. The van der Waals surface area contributed by atoms with Crippen molar-refractivity contribution in [1.29, 1.82) is 0 Å². The smallest absolute Gasteiger partial charge is 0.126 e. The van der Waals surface area contributed by atoms with Gasteiger partial charge in [0.25, 0.3) is 0 Å². The highest BCUT2D eigenvalue weighted by atomic mass is 16.3. The average Bonchev–Trinajstić information content (AvgIpc) is 2.69. The fraction of sp³-hybridized carbons (Fsp3) is 0.250. The maximum atomic E-state index is 6.06. The van der Waals surface area contributed by atoms with Crippen LogP contribution >= 0.6 is 0 Å². The predicted octanol–water partition coefficient (Wildman–Crippen LogP) is 2.34. The summed E-state index contributed by atoms with van der Waals surface area (Å²) in [4.78, 5) is 4.35. The predicted molar refractivity (Wildman–Crippen MR) is 58.4 cm³/mol. The third-order valence-electron chi connectivity index (χ3n) is 2.40. The van der Waals surface area contributed by atoms with Crippen molar-refractivity contribution in [2.75, 3.05) is 0 Å². The Labute approximate surface area is 88.9 Å². The Morgan fingerprint density at radius 3 is 2.80 bits per heavy atom. The SMILES string of the molecule is Cc1cnc(C(N)c2ccco2)c(C)c1. The molecule has 78 valence electrons. The molecule has 15 heavy (non-hydrogen) atoms. The molecule has 2 aromatic heterocycles. The molecule has 2 heterocycles. The molecule has 3 heteroatoms. The molecule has 0 fully saturated rings. The maximum absolute atomic E-state index is 6.06. The van der Waals surface area contributed by atoms with E-state index in [2.05, 4.69) is 11.1 Å². The molecule has 2 rings (SSSR count). The van der Waals surface area contributed by atoms with Crippen LogP contribution in [0.1, 0.15) is 28.6 Å². The van der Waals surface area contributed by atoms with Crippen molar-refractivity contribution in [3.05, 3.63) is 53.2 Å². The lowest BCUT2D eigenvalue weighted by molar-refractivity contribution is 0.485. The topological polar surface area (TPSA) is 52.0 Å². The lowest BCUT2D eigenvalue weighted by Gasteiger charge is -2.11. The van der Waals surface area contributed by atoms with E-state index in [9.17, 15) is 0 Å². The zero-order chi connectivity index (χ0) is 10.8. The van der Waals surface area contributed by atoms with Crippen LogP contribution < -0.4 is 5.73 Å². The zero-order valence-corrected chi connectivity index (χ0v) is 8.90. The van der Waals surface area contributed by atoms with Crippen molar-refractivity contribution in [1.82, 2.24) is 4.98 Å². The van der Waals surface area contributed by atoms with E-state index in [1.807, 2.05) is 32.2 Å². The molecule has 0 aliphatic heterocycles. The molecule has 3 nitrogen and oxygen atoms in total. The first-order valence-electron chi connectivity index (χ1n) is 4.90. The highest BCUT2D eigenvalue weighted by Gasteiger charge is 2.15. The minimum atomic E-state index is -0.277. The summed E-state index contributed by atoms with van der Waals surface area (Å²) in [6, 6.07) is 5.50. The molecule has 2 N–H and O–H groups in total. The third kappa shape index (κ3) is 1.92. The quantitative estimate of drug-likeness (QED) is 0.813. The number of rotatable bonds is 2. The van der Waals surface area contributed by atoms with Crippen LogP contribution in [0.3, 0.4) is 0 Å². The van der Waals surface area contributed by atoms with Crippen LogP contribution in [0.25, 0.3) is 0 Å². The maximum Gasteiger partial charge on any atom is 0.126 e. The van der Waals surface area contributed by atoms with E-state index in [0.717, 1.165) is 22.6 Å². The molecule has 1 atom stereocenters. The van der Waals surface area contributed by atoms with Crippen molar-refractivity contribution in [3.8, 4) is 0 Å². The molecule has 2 aromatic rings. The Bertz CT molecular complexity index is 449. The Kier molecular flexibility index (Phi) is 2.56. The van der Waals surface area contributed by atoms with Crippen LogP contribution in [0.4, 0.5) is 0 Å². The Balaban J connectivity index is 2.38. The normalized spacial score (nSPS) is 12.7. The number of nitrogens with zero attached hydrogens (tertiary/aromatic N) is 1. The standard InChI is InChI=1S/C12H14N2O/c1-8-6-9(2)12(14-7-8)11(13)10-4-3-5-15-10/h3-7,11H,13H2,1-2H3. The van der Waals surface area contributed by atoms with Crippen molar-refractivity contribution in [2.45, 2.75) is 19.9 Å². The highest BCUT2D eigenvalue weighted by molar-refractivity contribution is 5.29. The molecule has 0 saturated carbocycles. The third-order valence-corrected chi connectivity index (χ3v) is 2.40. The molecule has 0 bridgehead atoms. The van der Waals surface area contributed by atoms with Crippen LogP contribution in [-0.4, -0.2) is 4.98 Å². The van der Waals surface area contributed by atoms with E-state index in [1.165, 1.54) is 0 Å². The van der Waals surface area contributed by atoms with Crippen molar-refractivity contribution in [2.24, 2.45) is 5.73 Å². The summed E-state index contributed by atoms with van der Waals surface area (Å²) >= 11 is 0. The van der Waals surface area contributed by atoms with E-state index >= 15 is 0 Å². The summed E-state index contributed by atoms with van der Waals surface area (Å²) in [6.07, 6.45) is 3.45. The fourth-order valence-electron chi connectivity index (χ4n) is 1.65. The molecule has 0 aromatic carbocycles. The minimum absolute atomic E-state index is 0.277. The summed E-state index contributed by atoms with van der Waals surface area (Å²) in [6.45, 7) is 4.03. The van der Waals surface area contributed by atoms with Gasteiger partial charge in [0.15, 0.2) is 0 Å². The Morgan fingerprint density at radius 1 is 1.40 bits per heavy atom. The molecule has 0 aliphatic rings. The lowest BCUT2D eigenvalue weighted by Crippen LogP contribution is -2.14. The molecule has 0 spiro atoms. The van der Waals surface area contributed by atoms with Crippen molar-refractivity contribution < 1.29 is 4.42 Å². The molecular formula is C12H14N2O. The van der Waals surface area contributed by atoms with Gasteiger partial charge in [-0.15, -0.1) is 0 Å². The Hall–Kier alpha value is -1.61. The average molecular weight is 202 g/mol. The van der Waals surface area contributed by atoms with E-state index < -0.39 is 0 Å². The van der Waals surface area contributed by atoms with Gasteiger partial charge < -0.3 is 10.2 Å². The van der Waals surface area contributed by atoms with Crippen molar-refractivity contribution in [3.63, 3.8) is 0 Å². The van der Waals surface area contributed by atoms with Crippen LogP contribution in [0, 0.1) is 13.8 Å². The largest absolute Gasteiger partial charge is 0.467 e. The number of nitrogens with two attached hydrogens (primary N) is 1. The summed E-state index contributed by atoms with van der Waals surface area (Å²) < 4.78 is 5.27. The lowest BCUT2D eigenvalue weighted by atomic mass is 10.1. The summed E-state index contributed by atoms with van der Waals surface area (Å²) in [5.41, 5.74) is 9.16. The summed E-state index contributed by atoms with van der Waals surface area (Å²) in [5.74, 6) is 0.745. The Morgan fingerprint density at radius 2 is 2.20 bits per heavy atom. The van der Waals surface area contributed by atoms with Gasteiger partial charge in [-0.2, -0.15) is 0 Å². The molecule has 0 radical (unpaired) electrons. The zero-order valence-electron chi connectivity index (χ0n) is 8.90. The molecule has 0 saturated heterocycles. The van der Waals surface area contributed by atoms with E-state index in [4.69, 9.17) is 10.2 Å². The van der Waals surface area contributed by atoms with Crippen LogP contribution in [0.15, 0.2) is 35.1 Å². The van der Waals surface area contributed by atoms with Gasteiger partial charge >= 0.3 is 0 Å². The first kappa shape index (κ1) is 9.93. The molecule has 1 unspecified atom stereocenters. The van der Waals surface area contributed by atoms with Crippen molar-refractivity contribution >= 4 is 0 Å². The number of furan rings is 1. The second-order valence-electron chi connectivity index (χ2n) is 3.71. The van der Waals surface area contributed by atoms with E-state index in [-0.39, 0.29) is 6.04 Å². The van der Waals surface area contributed by atoms with Gasteiger partial charge in [0, 0.05) is 6.20 Å². The number of aryl methyl sites for hydroxylation is 2. The van der Waals surface area contributed by atoms with Gasteiger partial charge in [-0.3, -0.25) is 4.98 Å². The monoisotopic (exact) mass is 202 g/mol. The van der Waals surface area contributed by atoms with Crippen LogP contribution in [0.2, 0.25) is 0 Å². The second-order valence-corrected chi connectivity index (χ2v) is 3.71. The first-order chi connectivity index (χ1) is 7.18. The number of pyridine rings is 1. The van der Waals surface area contributed by atoms with Gasteiger partial charge in [0.05, 0.1) is 12.0 Å². The van der Waals surface area contributed by atoms with Gasteiger partial charge in [-0.05, 0) is 37.1 Å². The second kappa shape index (κ2) is 3.87. The molecule has 0 aliphatic carbocycles. The van der Waals surface area contributed by atoms with Gasteiger partial charge in [-0.25, -0.2) is 0 Å². The summed E-state index contributed by atoms with van der Waals surface area (Å²) in [7, 11) is 0. The van der Waals surface area contributed by atoms with Gasteiger partial charge in [0.1, 0.15) is 11.8 Å². The van der Waals surface area contributed by atoms with E-state index in [0.29, 0.717) is 0 Å². The number of aromatic nitrogens is 1. The van der Waals surface area contributed by atoms with E-state index in [1.54, 1.807) is 6.26 Å². The van der Waals surface area contributed by atoms with Crippen LogP contribution in [-0.2, 0) is 0 Å². The number of hydrogen-bond acceptors (Lipinski definition) is 3. The van der Waals surface area contributed by atoms with Crippen LogP contribution in [0.5, 0.6) is 0 Å².